The molecule has 0 saturated carbocycles. The third kappa shape index (κ3) is 8.37. The number of rotatable bonds is 7. The number of aromatic nitrogens is 4. The summed E-state index contributed by atoms with van der Waals surface area (Å²) in [4.78, 5) is 22.9. The Labute approximate surface area is 289 Å². The number of pyridine rings is 2. The first-order valence-corrected chi connectivity index (χ1v) is 17.8. The normalized spacial score (nSPS) is 15.8. The number of sulfonamides is 1. The number of halogens is 3. The molecule has 0 fully saturated rings. The van der Waals surface area contributed by atoms with Gasteiger partial charge in [-0.2, -0.15) is 13.2 Å². The van der Waals surface area contributed by atoms with Crippen molar-refractivity contribution in [3.63, 3.8) is 0 Å². The number of hydrogen-bond acceptors (Lipinski definition) is 8. The maximum atomic E-state index is 13.7. The highest BCUT2D eigenvalue weighted by Gasteiger charge is 2.48. The Morgan fingerprint density at radius 2 is 1.74 bits per heavy atom. The number of fused-ring (bicyclic) bond motifs is 6. The highest BCUT2D eigenvalue weighted by atomic mass is 32.2. The summed E-state index contributed by atoms with van der Waals surface area (Å²) in [6, 6.07) is 15.0. The molecule has 3 aromatic heterocycles. The maximum Gasteiger partial charge on any atom is 0.397 e. The van der Waals surface area contributed by atoms with E-state index >= 15 is 0 Å². The van der Waals surface area contributed by atoms with Crippen LogP contribution < -0.4 is 14.4 Å². The summed E-state index contributed by atoms with van der Waals surface area (Å²) < 4.78 is 77.2. The van der Waals surface area contributed by atoms with Crippen molar-refractivity contribution in [2.45, 2.75) is 70.9 Å². The van der Waals surface area contributed by atoms with Gasteiger partial charge in [-0.1, -0.05) is 37.1 Å². The lowest BCUT2D eigenvalue weighted by Crippen LogP contribution is -2.40. The number of carboxylic acid groups (broad SMARTS) is 1. The van der Waals surface area contributed by atoms with Crippen molar-refractivity contribution in [2.75, 3.05) is 29.3 Å². The fraction of sp³-hybridized carbons (Fsp3) is 0.429. The van der Waals surface area contributed by atoms with Crippen molar-refractivity contribution in [3.8, 4) is 22.8 Å². The van der Waals surface area contributed by atoms with Crippen LogP contribution in [-0.2, 0) is 21.2 Å². The average Bonchev–Trinajstić information content (AvgIpc) is 3.53. The van der Waals surface area contributed by atoms with Crippen molar-refractivity contribution in [1.82, 2.24) is 19.7 Å². The summed E-state index contributed by atoms with van der Waals surface area (Å²) in [7, 11) is -4.19. The second kappa shape index (κ2) is 14.3. The number of benzene rings is 1. The van der Waals surface area contributed by atoms with Crippen molar-refractivity contribution >= 4 is 27.6 Å². The van der Waals surface area contributed by atoms with Gasteiger partial charge >= 0.3 is 12.1 Å². The lowest BCUT2D eigenvalue weighted by atomic mass is 9.93. The van der Waals surface area contributed by atoms with Crippen LogP contribution in [0.3, 0.4) is 0 Å². The molecule has 11 nitrogen and oxygen atoms in total. The molecule has 4 heterocycles. The first-order valence-electron chi connectivity index (χ1n) is 16.3. The van der Waals surface area contributed by atoms with E-state index in [0.29, 0.717) is 30.2 Å². The highest BCUT2D eigenvalue weighted by Crippen LogP contribution is 2.38. The molecular formula is C35H41F3N6O5S. The molecule has 0 atom stereocenters. The van der Waals surface area contributed by atoms with Gasteiger partial charge in [-0.05, 0) is 70.7 Å². The molecule has 0 amide bonds. The topological polar surface area (TPSA) is 140 Å². The van der Waals surface area contributed by atoms with Gasteiger partial charge in [0, 0.05) is 43.2 Å². The maximum absolute atomic E-state index is 13.7. The largest absolute Gasteiger partial charge is 0.481 e. The van der Waals surface area contributed by atoms with Crippen LogP contribution in [0.4, 0.5) is 24.8 Å². The van der Waals surface area contributed by atoms with Crippen LogP contribution in [0.5, 0.6) is 5.88 Å². The number of aliphatic carboxylic acids is 1. The number of carbonyl (C=O) groups is 1. The van der Waals surface area contributed by atoms with Crippen molar-refractivity contribution in [1.29, 1.82) is 0 Å². The van der Waals surface area contributed by atoms with Crippen molar-refractivity contribution in [2.24, 2.45) is 10.8 Å². The van der Waals surface area contributed by atoms with Gasteiger partial charge in [0.2, 0.25) is 5.88 Å². The summed E-state index contributed by atoms with van der Waals surface area (Å²) in [6.45, 7) is 5.34. The smallest absolute Gasteiger partial charge is 0.397 e. The van der Waals surface area contributed by atoms with E-state index in [-0.39, 0.29) is 23.1 Å². The molecular weight excluding hydrogens is 673 g/mol. The molecule has 1 aliphatic heterocycles. The number of ether oxygens (including phenoxy) is 1. The predicted octanol–water partition coefficient (Wildman–Crippen LogP) is 7.13. The van der Waals surface area contributed by atoms with E-state index in [4.69, 9.17) is 9.72 Å². The molecule has 1 aliphatic rings. The second-order valence-electron chi connectivity index (χ2n) is 13.7. The minimum absolute atomic E-state index is 0.00821. The fourth-order valence-corrected chi connectivity index (χ4v) is 6.45. The van der Waals surface area contributed by atoms with E-state index in [1.54, 1.807) is 26.1 Å². The molecule has 5 rings (SSSR count). The number of alkyl halides is 3. The minimum Gasteiger partial charge on any atom is -0.481 e. The van der Waals surface area contributed by atoms with Crippen LogP contribution in [-0.4, -0.2) is 65.1 Å². The standard InChI is InChI=1S/C35H41F3N6O5S/c1-33(2,32(45)46)22-43-19-10-6-5-7-11-24-12-8-9-13-26(24)31-27(44-20-17-30(41-44)49-23-34(3,4)35(36,37)38)14-15-28(40-31)42-50(47,48)25-16-18-39-29(43)21-25/h8-9,12-18,20-21H,5-7,10-11,19,22-23H2,1-4H3,(H,40,42)(H,45,46). The van der Waals surface area contributed by atoms with Gasteiger partial charge < -0.3 is 14.7 Å². The number of carboxylic acids is 1. The van der Waals surface area contributed by atoms with Crippen LogP contribution in [0.15, 0.2) is 71.9 Å². The number of nitrogens with one attached hydrogen (secondary N) is 1. The quantitative estimate of drug-likeness (QED) is 0.205. The summed E-state index contributed by atoms with van der Waals surface area (Å²) in [6.07, 6.45) is 2.50. The Hall–Kier alpha value is -4.66. The monoisotopic (exact) mass is 714 g/mol. The molecule has 50 heavy (non-hydrogen) atoms. The molecule has 0 saturated heterocycles. The molecule has 15 heteroatoms. The van der Waals surface area contributed by atoms with Crippen molar-refractivity contribution in [3.05, 3.63) is 72.6 Å². The number of aryl methyl sites for hydroxylation is 1. The summed E-state index contributed by atoms with van der Waals surface area (Å²) in [5.41, 5.74) is -0.609. The van der Waals surface area contributed by atoms with Gasteiger partial charge in [0.25, 0.3) is 10.0 Å². The molecule has 1 aromatic carbocycles. The van der Waals surface area contributed by atoms with E-state index in [0.717, 1.165) is 50.7 Å². The molecule has 268 valence electrons. The lowest BCUT2D eigenvalue weighted by Gasteiger charge is -2.31. The average molecular weight is 715 g/mol. The highest BCUT2D eigenvalue weighted by molar-refractivity contribution is 7.92. The zero-order valence-electron chi connectivity index (χ0n) is 28.4. The Morgan fingerprint density at radius 1 is 1.00 bits per heavy atom. The first-order chi connectivity index (χ1) is 23.5. The molecule has 0 radical (unpaired) electrons. The number of nitrogens with zero attached hydrogens (tertiary/aromatic N) is 5. The number of hydrogen-bond donors (Lipinski definition) is 2. The van der Waals surface area contributed by atoms with Crippen LogP contribution in [0.25, 0.3) is 16.9 Å². The Kier molecular flexibility index (Phi) is 10.5. The fourth-order valence-electron chi connectivity index (χ4n) is 5.44. The molecule has 4 aromatic rings. The predicted molar refractivity (Wildman–Crippen MR) is 183 cm³/mol. The van der Waals surface area contributed by atoms with Gasteiger partial charge in [-0.25, -0.2) is 23.1 Å². The van der Waals surface area contributed by atoms with E-state index in [1.807, 2.05) is 29.2 Å². The third-order valence-electron chi connectivity index (χ3n) is 8.69. The van der Waals surface area contributed by atoms with Gasteiger partial charge in [-0.3, -0.25) is 9.52 Å². The van der Waals surface area contributed by atoms with Crippen molar-refractivity contribution < 1.29 is 36.2 Å². The van der Waals surface area contributed by atoms with Gasteiger partial charge in [-0.15, -0.1) is 5.10 Å². The summed E-state index contributed by atoms with van der Waals surface area (Å²) in [5, 5.41) is 14.2. The van der Waals surface area contributed by atoms with Gasteiger partial charge in [0.05, 0.1) is 27.1 Å². The molecule has 4 bridgehead atoms. The number of anilines is 2. The summed E-state index contributed by atoms with van der Waals surface area (Å²) >= 11 is 0. The lowest BCUT2D eigenvalue weighted by molar-refractivity contribution is -0.219. The van der Waals surface area contributed by atoms with Crippen LogP contribution in [0.2, 0.25) is 0 Å². The third-order valence-corrected chi connectivity index (χ3v) is 10.0. The summed E-state index contributed by atoms with van der Waals surface area (Å²) in [5.74, 6) is -0.607. The zero-order chi connectivity index (χ0) is 36.3. The Morgan fingerprint density at radius 3 is 2.48 bits per heavy atom. The molecule has 0 unspecified atom stereocenters. The van der Waals surface area contributed by atoms with E-state index < -0.39 is 39.6 Å². The van der Waals surface area contributed by atoms with E-state index in [1.165, 1.54) is 35.1 Å². The Bertz CT molecular complexity index is 1940. The first kappa shape index (κ1) is 36.6. The zero-order valence-corrected chi connectivity index (χ0v) is 29.2. The molecule has 2 N–H and O–H groups in total. The van der Waals surface area contributed by atoms with Crippen LogP contribution in [0, 0.1) is 10.8 Å². The van der Waals surface area contributed by atoms with E-state index in [2.05, 4.69) is 14.8 Å². The Balaban J connectivity index is 1.54. The van der Waals surface area contributed by atoms with Gasteiger partial charge in [0.15, 0.2) is 0 Å². The second-order valence-corrected chi connectivity index (χ2v) is 15.4. The van der Waals surface area contributed by atoms with E-state index in [9.17, 15) is 31.5 Å². The van der Waals surface area contributed by atoms with Crippen LogP contribution >= 0.6 is 0 Å². The SMILES string of the molecule is CC(C)(CN1CCCCCCc2ccccc2-c2nc(ccc2-n2ccc(OCC(C)(C)C(F)(F)F)n2)NS(=O)(=O)c2ccnc1c2)C(=O)O. The van der Waals surface area contributed by atoms with Crippen LogP contribution in [0.1, 0.15) is 58.9 Å². The molecule has 0 aliphatic carbocycles. The molecule has 0 spiro atoms. The van der Waals surface area contributed by atoms with Gasteiger partial charge in [0.1, 0.15) is 18.2 Å². The minimum atomic E-state index is -4.47.